The third-order valence-corrected chi connectivity index (χ3v) is 4.43. The van der Waals surface area contributed by atoms with Crippen molar-refractivity contribution in [3.63, 3.8) is 0 Å². The smallest absolute Gasteiger partial charge is 0.0659 e. The highest BCUT2D eigenvalue weighted by Gasteiger charge is 2.39. The number of piperidine rings is 1. The first-order valence-corrected chi connectivity index (χ1v) is 6.57. The minimum Gasteiger partial charge on any atom is -0.383 e. The van der Waals surface area contributed by atoms with Crippen LogP contribution in [0, 0.1) is 5.92 Å². The summed E-state index contributed by atoms with van der Waals surface area (Å²) in [5, 5.41) is 0. The van der Waals surface area contributed by atoms with E-state index in [1.807, 2.05) is 0 Å². The van der Waals surface area contributed by atoms with E-state index >= 15 is 0 Å². The maximum absolute atomic E-state index is 6.02. The van der Waals surface area contributed by atoms with E-state index in [0.717, 1.165) is 18.9 Å². The molecule has 3 heteroatoms. The Morgan fingerprint density at radius 1 is 1.44 bits per heavy atom. The highest BCUT2D eigenvalue weighted by molar-refractivity contribution is 4.96. The lowest BCUT2D eigenvalue weighted by atomic mass is 9.84. The monoisotopic (exact) mass is 228 g/mol. The third kappa shape index (κ3) is 2.58. The Kier molecular flexibility index (Phi) is 5.22. The second-order valence-corrected chi connectivity index (χ2v) is 5.27. The van der Waals surface area contributed by atoms with Crippen LogP contribution in [-0.4, -0.2) is 43.3 Å². The molecule has 96 valence electrons. The van der Waals surface area contributed by atoms with E-state index in [0.29, 0.717) is 12.6 Å². The number of rotatable bonds is 5. The van der Waals surface area contributed by atoms with E-state index < -0.39 is 0 Å². The quantitative estimate of drug-likeness (QED) is 0.780. The highest BCUT2D eigenvalue weighted by atomic mass is 16.5. The van der Waals surface area contributed by atoms with Gasteiger partial charge in [0.05, 0.1) is 12.1 Å². The summed E-state index contributed by atoms with van der Waals surface area (Å²) < 4.78 is 5.40. The summed E-state index contributed by atoms with van der Waals surface area (Å²) in [4.78, 5) is 2.59. The first kappa shape index (κ1) is 13.9. The molecule has 3 unspecified atom stereocenters. The van der Waals surface area contributed by atoms with Gasteiger partial charge in [0.25, 0.3) is 0 Å². The van der Waals surface area contributed by atoms with Crippen molar-refractivity contribution < 1.29 is 4.74 Å². The molecular formula is C13H28N2O. The number of hydrogen-bond donors (Lipinski definition) is 1. The van der Waals surface area contributed by atoms with Gasteiger partial charge in [-0.3, -0.25) is 4.90 Å². The predicted molar refractivity (Wildman–Crippen MR) is 68.5 cm³/mol. The fourth-order valence-electron chi connectivity index (χ4n) is 2.98. The summed E-state index contributed by atoms with van der Waals surface area (Å²) in [6.07, 6.45) is 3.69. The summed E-state index contributed by atoms with van der Waals surface area (Å²) >= 11 is 0. The topological polar surface area (TPSA) is 38.5 Å². The van der Waals surface area contributed by atoms with Crippen LogP contribution in [0.15, 0.2) is 0 Å². The molecule has 0 saturated carbocycles. The molecular weight excluding hydrogens is 200 g/mol. The van der Waals surface area contributed by atoms with Crippen molar-refractivity contribution in [3.8, 4) is 0 Å². The summed E-state index contributed by atoms with van der Waals surface area (Å²) in [5.41, 5.74) is 6.07. The highest BCUT2D eigenvalue weighted by Crippen LogP contribution is 2.31. The van der Waals surface area contributed by atoms with Gasteiger partial charge in [0.2, 0.25) is 0 Å². The van der Waals surface area contributed by atoms with Gasteiger partial charge in [0.1, 0.15) is 0 Å². The maximum atomic E-state index is 6.02. The van der Waals surface area contributed by atoms with E-state index in [1.165, 1.54) is 19.4 Å². The zero-order valence-electron chi connectivity index (χ0n) is 11.3. The van der Waals surface area contributed by atoms with Crippen LogP contribution in [-0.2, 0) is 4.74 Å². The lowest BCUT2D eigenvalue weighted by Crippen LogP contribution is -2.62. The average Bonchev–Trinajstić information content (AvgIpc) is 2.30. The normalized spacial score (nSPS) is 31.3. The lowest BCUT2D eigenvalue weighted by molar-refractivity contribution is -0.0409. The summed E-state index contributed by atoms with van der Waals surface area (Å²) in [6.45, 7) is 9.50. The van der Waals surface area contributed by atoms with Crippen LogP contribution in [0.25, 0.3) is 0 Å². The lowest BCUT2D eigenvalue weighted by Gasteiger charge is -2.50. The Balaban J connectivity index is 2.83. The van der Waals surface area contributed by atoms with E-state index in [2.05, 4.69) is 25.7 Å². The number of hydrogen-bond acceptors (Lipinski definition) is 3. The molecule has 1 aliphatic rings. The SMILES string of the molecule is CCC(CN)(COC)N1CCCC(C)C1C. The minimum absolute atomic E-state index is 0.0445. The van der Waals surface area contributed by atoms with Gasteiger partial charge in [-0.1, -0.05) is 13.8 Å². The summed E-state index contributed by atoms with van der Waals surface area (Å²) in [5.74, 6) is 0.767. The van der Waals surface area contributed by atoms with Crippen LogP contribution in [0.5, 0.6) is 0 Å². The number of likely N-dealkylation sites (tertiary alicyclic amines) is 1. The van der Waals surface area contributed by atoms with E-state index in [4.69, 9.17) is 10.5 Å². The molecule has 3 nitrogen and oxygen atoms in total. The third-order valence-electron chi connectivity index (χ3n) is 4.43. The molecule has 2 N–H and O–H groups in total. The van der Waals surface area contributed by atoms with Crippen LogP contribution < -0.4 is 5.73 Å². The molecule has 3 atom stereocenters. The van der Waals surface area contributed by atoms with Crippen molar-refractivity contribution in [1.29, 1.82) is 0 Å². The predicted octanol–water partition coefficient (Wildman–Crippen LogP) is 1.86. The average molecular weight is 228 g/mol. The summed E-state index contributed by atoms with van der Waals surface area (Å²) in [7, 11) is 1.78. The molecule has 1 heterocycles. The first-order valence-electron chi connectivity index (χ1n) is 6.57. The van der Waals surface area contributed by atoms with Gasteiger partial charge in [-0.05, 0) is 38.6 Å². The number of methoxy groups -OCH3 is 1. The molecule has 0 aromatic carbocycles. The van der Waals surface area contributed by atoms with Crippen LogP contribution in [0.3, 0.4) is 0 Å². The van der Waals surface area contributed by atoms with Gasteiger partial charge in [-0.15, -0.1) is 0 Å². The van der Waals surface area contributed by atoms with Crippen molar-refractivity contribution >= 4 is 0 Å². The van der Waals surface area contributed by atoms with Gasteiger partial charge in [0, 0.05) is 19.7 Å². The van der Waals surface area contributed by atoms with Crippen LogP contribution >= 0.6 is 0 Å². The van der Waals surface area contributed by atoms with Crippen molar-refractivity contribution in [2.75, 3.05) is 26.8 Å². The molecule has 0 radical (unpaired) electrons. The molecule has 0 spiro atoms. The molecule has 1 fully saturated rings. The van der Waals surface area contributed by atoms with Crippen LogP contribution in [0.4, 0.5) is 0 Å². The van der Waals surface area contributed by atoms with Gasteiger partial charge in [-0.2, -0.15) is 0 Å². The second-order valence-electron chi connectivity index (χ2n) is 5.27. The van der Waals surface area contributed by atoms with Gasteiger partial charge >= 0.3 is 0 Å². The fourth-order valence-corrected chi connectivity index (χ4v) is 2.98. The molecule has 16 heavy (non-hydrogen) atoms. The van der Waals surface area contributed by atoms with Gasteiger partial charge in [0.15, 0.2) is 0 Å². The Hall–Kier alpha value is -0.120. The van der Waals surface area contributed by atoms with Crippen molar-refractivity contribution in [1.82, 2.24) is 4.90 Å². The van der Waals surface area contributed by atoms with Gasteiger partial charge in [-0.25, -0.2) is 0 Å². The van der Waals surface area contributed by atoms with Crippen LogP contribution in [0.1, 0.15) is 40.0 Å². The largest absolute Gasteiger partial charge is 0.383 e. The Morgan fingerprint density at radius 2 is 2.12 bits per heavy atom. The van der Waals surface area contributed by atoms with Crippen molar-refractivity contribution in [2.24, 2.45) is 11.7 Å². The maximum Gasteiger partial charge on any atom is 0.0659 e. The fraction of sp³-hybridized carbons (Fsp3) is 1.00. The molecule has 0 aliphatic carbocycles. The van der Waals surface area contributed by atoms with Gasteiger partial charge < -0.3 is 10.5 Å². The van der Waals surface area contributed by atoms with E-state index in [-0.39, 0.29) is 5.54 Å². The Morgan fingerprint density at radius 3 is 2.62 bits per heavy atom. The number of nitrogens with zero attached hydrogens (tertiary/aromatic N) is 1. The number of ether oxygens (including phenoxy) is 1. The van der Waals surface area contributed by atoms with Crippen LogP contribution in [0.2, 0.25) is 0 Å². The van der Waals surface area contributed by atoms with Crippen molar-refractivity contribution in [2.45, 2.75) is 51.6 Å². The zero-order valence-corrected chi connectivity index (χ0v) is 11.3. The molecule has 1 rings (SSSR count). The first-order chi connectivity index (χ1) is 7.61. The number of nitrogens with two attached hydrogens (primary N) is 1. The molecule has 1 aliphatic heterocycles. The zero-order chi connectivity index (χ0) is 12.2. The Bertz CT molecular complexity index is 204. The second kappa shape index (κ2) is 5.99. The Labute approximate surface area is 100 Å². The minimum atomic E-state index is 0.0445. The van der Waals surface area contributed by atoms with Crippen molar-refractivity contribution in [3.05, 3.63) is 0 Å². The van der Waals surface area contributed by atoms with E-state index in [1.54, 1.807) is 7.11 Å². The standard InChI is InChI=1S/C13H28N2O/c1-5-13(9-14,10-16-4)15-8-6-7-11(2)12(15)3/h11-12H,5-10,14H2,1-4H3. The molecule has 0 bridgehead atoms. The molecule has 0 aromatic rings. The summed E-state index contributed by atoms with van der Waals surface area (Å²) in [6, 6.07) is 0.618. The molecule has 0 aromatic heterocycles. The van der Waals surface area contributed by atoms with E-state index in [9.17, 15) is 0 Å². The molecule has 1 saturated heterocycles. The molecule has 0 amide bonds.